The largest absolute Gasteiger partial charge is 0.482 e. The number of benzene rings is 1. The fourth-order valence-corrected chi connectivity index (χ4v) is 3.65. The van der Waals surface area contributed by atoms with Crippen LogP contribution >= 0.6 is 69.6 Å². The van der Waals surface area contributed by atoms with Crippen LogP contribution in [0.3, 0.4) is 0 Å². The number of ether oxygens (including phenoxy) is 1. The molecule has 0 aliphatic heterocycles. The minimum atomic E-state index is -0.386. The van der Waals surface area contributed by atoms with Gasteiger partial charge < -0.3 is 14.5 Å². The van der Waals surface area contributed by atoms with E-state index in [0.29, 0.717) is 23.9 Å². The summed E-state index contributed by atoms with van der Waals surface area (Å²) >= 11 is 36.0. The van der Waals surface area contributed by atoms with Crippen LogP contribution in [0, 0.1) is 0 Å². The van der Waals surface area contributed by atoms with E-state index in [0.717, 1.165) is 0 Å². The maximum absolute atomic E-state index is 12.2. The number of halogens is 6. The Morgan fingerprint density at radius 3 is 2.31 bits per heavy atom. The van der Waals surface area contributed by atoms with Gasteiger partial charge in [0.25, 0.3) is 5.91 Å². The van der Waals surface area contributed by atoms with Crippen molar-refractivity contribution in [3.8, 4) is 5.75 Å². The zero-order valence-electron chi connectivity index (χ0n) is 14.3. The summed E-state index contributed by atoms with van der Waals surface area (Å²) in [5.41, 5.74) is 0. The van der Waals surface area contributed by atoms with Crippen LogP contribution in [0.1, 0.15) is 16.3 Å². The molecule has 0 unspecified atom stereocenters. The van der Waals surface area contributed by atoms with Crippen LogP contribution in [-0.2, 0) is 13.2 Å². The summed E-state index contributed by atoms with van der Waals surface area (Å²) in [5, 5.41) is 7.38. The number of hydrogen-bond acceptors (Lipinski definition) is 4. The molecular formula is C17H11Cl6N3O3. The fraction of sp³-hybridized carbons (Fsp3) is 0.176. The van der Waals surface area contributed by atoms with Crippen LogP contribution in [0.5, 0.6) is 5.75 Å². The molecule has 0 radical (unpaired) electrons. The fourth-order valence-electron chi connectivity index (χ4n) is 2.26. The Kier molecular flexibility index (Phi) is 7.48. The Balaban J connectivity index is 1.58. The number of furan rings is 1. The molecule has 29 heavy (non-hydrogen) atoms. The third-order valence-electron chi connectivity index (χ3n) is 3.64. The van der Waals surface area contributed by atoms with E-state index >= 15 is 0 Å². The molecule has 2 aromatic heterocycles. The van der Waals surface area contributed by atoms with Gasteiger partial charge >= 0.3 is 0 Å². The van der Waals surface area contributed by atoms with Crippen molar-refractivity contribution >= 4 is 75.5 Å². The van der Waals surface area contributed by atoms with Crippen LogP contribution in [-0.4, -0.2) is 22.2 Å². The van der Waals surface area contributed by atoms with Gasteiger partial charge in [0, 0.05) is 12.7 Å². The summed E-state index contributed by atoms with van der Waals surface area (Å²) in [6.07, 6.45) is 3.17. The molecule has 0 aliphatic rings. The van der Waals surface area contributed by atoms with Gasteiger partial charge in [-0.1, -0.05) is 69.6 Å². The number of nitrogens with one attached hydrogen (secondary N) is 1. The van der Waals surface area contributed by atoms with E-state index in [-0.39, 0.29) is 49.1 Å². The molecule has 0 bridgehead atoms. The highest BCUT2D eigenvalue weighted by molar-refractivity contribution is 6.55. The third-order valence-corrected chi connectivity index (χ3v) is 6.08. The zero-order valence-corrected chi connectivity index (χ0v) is 18.9. The number of aromatic nitrogens is 2. The highest BCUT2D eigenvalue weighted by Crippen LogP contribution is 2.48. The van der Waals surface area contributed by atoms with Crippen LogP contribution in [0.2, 0.25) is 30.1 Å². The third kappa shape index (κ3) is 5.26. The first-order valence-electron chi connectivity index (χ1n) is 7.97. The van der Waals surface area contributed by atoms with Gasteiger partial charge in [0.1, 0.15) is 22.4 Å². The maximum atomic E-state index is 12.2. The number of carbonyl (C=O) groups is 1. The normalized spacial score (nSPS) is 11.0. The lowest BCUT2D eigenvalue weighted by atomic mass is 10.3. The minimum absolute atomic E-state index is 0.0225. The molecule has 1 N–H and O–H groups in total. The second-order valence-corrected chi connectivity index (χ2v) is 7.96. The van der Waals surface area contributed by atoms with Crippen molar-refractivity contribution in [2.75, 3.05) is 6.54 Å². The lowest BCUT2D eigenvalue weighted by Crippen LogP contribution is -2.27. The van der Waals surface area contributed by atoms with Gasteiger partial charge in [-0.05, 0) is 12.1 Å². The van der Waals surface area contributed by atoms with Gasteiger partial charge in [-0.3, -0.25) is 9.48 Å². The van der Waals surface area contributed by atoms with Gasteiger partial charge in [0.15, 0.2) is 11.5 Å². The molecule has 0 atom stereocenters. The summed E-state index contributed by atoms with van der Waals surface area (Å²) in [4.78, 5) is 12.2. The van der Waals surface area contributed by atoms with Crippen LogP contribution in [0.4, 0.5) is 0 Å². The maximum Gasteiger partial charge on any atom is 0.287 e. The van der Waals surface area contributed by atoms with Crippen molar-refractivity contribution in [1.29, 1.82) is 0 Å². The molecule has 6 nitrogen and oxygen atoms in total. The summed E-state index contributed by atoms with van der Waals surface area (Å²) in [6.45, 7) is 0.743. The van der Waals surface area contributed by atoms with Gasteiger partial charge in [-0.2, -0.15) is 5.10 Å². The lowest BCUT2D eigenvalue weighted by molar-refractivity contribution is 0.0920. The number of carbonyl (C=O) groups excluding carboxylic acids is 1. The smallest absolute Gasteiger partial charge is 0.287 e. The zero-order chi connectivity index (χ0) is 21.1. The Bertz CT molecular complexity index is 1020. The van der Waals surface area contributed by atoms with E-state index in [2.05, 4.69) is 10.4 Å². The van der Waals surface area contributed by atoms with Crippen LogP contribution in [0.15, 0.2) is 28.9 Å². The minimum Gasteiger partial charge on any atom is -0.482 e. The Morgan fingerprint density at radius 1 is 1.03 bits per heavy atom. The summed E-state index contributed by atoms with van der Waals surface area (Å²) in [7, 11) is 0. The second kappa shape index (κ2) is 9.69. The number of nitrogens with zero attached hydrogens (tertiary/aromatic N) is 2. The van der Waals surface area contributed by atoms with Gasteiger partial charge in [0.05, 0.1) is 32.8 Å². The van der Waals surface area contributed by atoms with Gasteiger partial charge in [0.2, 0.25) is 0 Å². The quantitative estimate of drug-likeness (QED) is 0.290. The molecular weight excluding hydrogens is 507 g/mol. The van der Waals surface area contributed by atoms with E-state index in [4.69, 9.17) is 78.8 Å². The van der Waals surface area contributed by atoms with Crippen LogP contribution < -0.4 is 10.1 Å². The van der Waals surface area contributed by atoms with Crippen molar-refractivity contribution in [1.82, 2.24) is 15.1 Å². The van der Waals surface area contributed by atoms with Crippen LogP contribution in [0.25, 0.3) is 0 Å². The topological polar surface area (TPSA) is 69.3 Å². The molecule has 0 aliphatic carbocycles. The summed E-state index contributed by atoms with van der Waals surface area (Å²) < 4.78 is 12.7. The standard InChI is InChI=1S/C17H11Cl6N3O3/c18-8-5-25-26(6-8)4-3-24-17(27)10-2-1-9(29-10)7-28-16-14(22)12(20)11(19)13(21)15(16)23/h1-2,5-6H,3-4,7H2,(H,24,27). The molecule has 154 valence electrons. The number of hydrogen-bond donors (Lipinski definition) is 1. The summed E-state index contributed by atoms with van der Waals surface area (Å²) in [5.74, 6) is 0.158. The first kappa shape index (κ1) is 22.4. The first-order chi connectivity index (χ1) is 13.8. The Morgan fingerprint density at radius 2 is 1.69 bits per heavy atom. The van der Waals surface area contributed by atoms with Crippen molar-refractivity contribution in [3.63, 3.8) is 0 Å². The van der Waals surface area contributed by atoms with E-state index < -0.39 is 0 Å². The first-order valence-corrected chi connectivity index (χ1v) is 10.2. The molecule has 2 heterocycles. The summed E-state index contributed by atoms with van der Waals surface area (Å²) in [6, 6.07) is 3.10. The van der Waals surface area contributed by atoms with E-state index in [9.17, 15) is 4.79 Å². The Hall–Kier alpha value is -1.28. The molecule has 0 fully saturated rings. The van der Waals surface area contributed by atoms with E-state index in [1.807, 2.05) is 0 Å². The average molecular weight is 518 g/mol. The Labute approximate surface area is 195 Å². The van der Waals surface area contributed by atoms with Crippen molar-refractivity contribution in [2.24, 2.45) is 0 Å². The molecule has 0 saturated carbocycles. The highest BCUT2D eigenvalue weighted by atomic mass is 35.5. The lowest BCUT2D eigenvalue weighted by Gasteiger charge is -2.12. The van der Waals surface area contributed by atoms with Crippen molar-refractivity contribution in [2.45, 2.75) is 13.2 Å². The van der Waals surface area contributed by atoms with Gasteiger partial charge in [-0.25, -0.2) is 0 Å². The monoisotopic (exact) mass is 515 g/mol. The molecule has 0 saturated heterocycles. The molecule has 1 amide bonds. The van der Waals surface area contributed by atoms with E-state index in [1.165, 1.54) is 12.3 Å². The molecule has 0 spiro atoms. The molecule has 12 heteroatoms. The van der Waals surface area contributed by atoms with Crippen molar-refractivity contribution < 1.29 is 13.9 Å². The van der Waals surface area contributed by atoms with Gasteiger partial charge in [-0.15, -0.1) is 0 Å². The second-order valence-electron chi connectivity index (χ2n) is 5.63. The highest BCUT2D eigenvalue weighted by Gasteiger charge is 2.21. The number of amides is 1. The number of rotatable bonds is 7. The average Bonchev–Trinajstić information content (AvgIpc) is 3.34. The predicted molar refractivity (Wildman–Crippen MR) is 114 cm³/mol. The molecule has 3 aromatic rings. The van der Waals surface area contributed by atoms with Crippen molar-refractivity contribution in [3.05, 3.63) is 66.2 Å². The molecule has 3 rings (SSSR count). The predicted octanol–water partition coefficient (Wildman–Crippen LogP) is 6.41. The SMILES string of the molecule is O=C(NCCn1cc(Cl)cn1)c1ccc(COc2c(Cl)c(Cl)c(Cl)c(Cl)c2Cl)o1. The molecule has 1 aromatic carbocycles. The van der Waals surface area contributed by atoms with E-state index in [1.54, 1.807) is 16.9 Å².